The molecule has 0 spiro atoms. The van der Waals surface area contributed by atoms with Crippen molar-refractivity contribution < 1.29 is 9.90 Å². The second-order valence-electron chi connectivity index (χ2n) is 4.21. The number of carbonyl (C=O) groups is 1. The molecule has 0 radical (unpaired) electrons. The molecule has 17 heavy (non-hydrogen) atoms. The molecule has 1 aromatic carbocycles. The van der Waals surface area contributed by atoms with Gasteiger partial charge in [-0.25, -0.2) is 0 Å². The summed E-state index contributed by atoms with van der Waals surface area (Å²) in [6.45, 7) is 3.83. The third kappa shape index (κ3) is 3.75. The first-order valence-electron chi connectivity index (χ1n) is 5.91. The molecule has 4 N–H and O–H groups in total. The summed E-state index contributed by atoms with van der Waals surface area (Å²) in [4.78, 5) is 11.7. The van der Waals surface area contributed by atoms with Gasteiger partial charge in [0.15, 0.2) is 0 Å². The number of aryl methyl sites for hydroxylation is 1. The lowest BCUT2D eigenvalue weighted by atomic mass is 10.1. The molecule has 0 aromatic heterocycles. The van der Waals surface area contributed by atoms with Crippen molar-refractivity contribution in [3.05, 3.63) is 23.8 Å². The quantitative estimate of drug-likeness (QED) is 0.686. The molecule has 0 fully saturated rings. The summed E-state index contributed by atoms with van der Waals surface area (Å²) in [5.74, 6) is -0.150. The number of phenols is 1. The molecule has 1 amide bonds. The van der Waals surface area contributed by atoms with E-state index < -0.39 is 6.04 Å². The standard InChI is InChI=1S/C13H20N2O2/c1-3-4-7-10(14)13(17)15-11-8-5-6-9(2)12(11)16/h5-6,8,10,16H,3-4,7,14H2,1-2H3,(H,15,17)/t10-/m0/s1. The number of amides is 1. The summed E-state index contributed by atoms with van der Waals surface area (Å²) >= 11 is 0. The highest BCUT2D eigenvalue weighted by atomic mass is 16.3. The summed E-state index contributed by atoms with van der Waals surface area (Å²) in [5, 5.41) is 12.4. The lowest BCUT2D eigenvalue weighted by Gasteiger charge is -2.13. The number of para-hydroxylation sites is 1. The molecular weight excluding hydrogens is 216 g/mol. The van der Waals surface area contributed by atoms with Crippen molar-refractivity contribution in [1.29, 1.82) is 0 Å². The molecule has 0 aliphatic carbocycles. The predicted molar refractivity (Wildman–Crippen MR) is 69.0 cm³/mol. The summed E-state index contributed by atoms with van der Waals surface area (Å²) in [6, 6.07) is 4.70. The average Bonchev–Trinajstić information content (AvgIpc) is 2.31. The Balaban J connectivity index is 2.64. The highest BCUT2D eigenvalue weighted by Crippen LogP contribution is 2.26. The second-order valence-corrected chi connectivity index (χ2v) is 4.21. The lowest BCUT2D eigenvalue weighted by molar-refractivity contribution is -0.117. The van der Waals surface area contributed by atoms with Crippen LogP contribution in [0.2, 0.25) is 0 Å². The number of benzene rings is 1. The van der Waals surface area contributed by atoms with E-state index in [-0.39, 0.29) is 11.7 Å². The largest absolute Gasteiger partial charge is 0.505 e. The van der Waals surface area contributed by atoms with Crippen molar-refractivity contribution in [2.24, 2.45) is 5.73 Å². The van der Waals surface area contributed by atoms with Gasteiger partial charge in [-0.3, -0.25) is 4.79 Å². The molecule has 0 bridgehead atoms. The maximum absolute atomic E-state index is 11.7. The first-order chi connectivity index (χ1) is 8.06. The lowest BCUT2D eigenvalue weighted by Crippen LogP contribution is -2.35. The van der Waals surface area contributed by atoms with E-state index in [1.165, 1.54) is 0 Å². The summed E-state index contributed by atoms with van der Waals surface area (Å²) in [6.07, 6.45) is 2.60. The Morgan fingerprint density at radius 3 is 2.88 bits per heavy atom. The maximum atomic E-state index is 11.7. The monoisotopic (exact) mass is 236 g/mol. The maximum Gasteiger partial charge on any atom is 0.241 e. The van der Waals surface area contributed by atoms with Gasteiger partial charge in [0.1, 0.15) is 5.75 Å². The minimum atomic E-state index is -0.519. The predicted octanol–water partition coefficient (Wildman–Crippen LogP) is 2.16. The third-order valence-electron chi connectivity index (χ3n) is 2.70. The SMILES string of the molecule is CCCC[C@H](N)C(=O)Nc1cccc(C)c1O. The van der Waals surface area contributed by atoms with Gasteiger partial charge in [0.2, 0.25) is 5.91 Å². The highest BCUT2D eigenvalue weighted by molar-refractivity contribution is 5.96. The van der Waals surface area contributed by atoms with Crippen LogP contribution < -0.4 is 11.1 Å². The molecule has 0 aliphatic heterocycles. The number of hydrogen-bond acceptors (Lipinski definition) is 3. The van der Waals surface area contributed by atoms with Crippen LogP contribution in [0.4, 0.5) is 5.69 Å². The van der Waals surface area contributed by atoms with E-state index in [9.17, 15) is 9.90 Å². The van der Waals surface area contributed by atoms with E-state index in [4.69, 9.17) is 5.73 Å². The van der Waals surface area contributed by atoms with Crippen molar-refractivity contribution >= 4 is 11.6 Å². The van der Waals surface area contributed by atoms with E-state index in [1.54, 1.807) is 25.1 Å². The van der Waals surface area contributed by atoms with E-state index in [1.807, 2.05) is 0 Å². The first kappa shape index (κ1) is 13.5. The van der Waals surface area contributed by atoms with E-state index >= 15 is 0 Å². The van der Waals surface area contributed by atoms with Crippen molar-refractivity contribution in [1.82, 2.24) is 0 Å². The van der Waals surface area contributed by atoms with E-state index in [2.05, 4.69) is 12.2 Å². The number of phenolic OH excluding ortho intramolecular Hbond substituents is 1. The highest BCUT2D eigenvalue weighted by Gasteiger charge is 2.14. The van der Waals surface area contributed by atoms with Gasteiger partial charge in [-0.1, -0.05) is 31.9 Å². The molecule has 0 saturated heterocycles. The number of carbonyl (C=O) groups excluding carboxylic acids is 1. The number of hydrogen-bond donors (Lipinski definition) is 3. The van der Waals surface area contributed by atoms with Gasteiger partial charge in [-0.15, -0.1) is 0 Å². The molecule has 4 nitrogen and oxygen atoms in total. The fourth-order valence-electron chi connectivity index (χ4n) is 1.54. The topological polar surface area (TPSA) is 75.4 Å². The third-order valence-corrected chi connectivity index (χ3v) is 2.70. The number of anilines is 1. The Morgan fingerprint density at radius 1 is 1.53 bits per heavy atom. The normalized spacial score (nSPS) is 12.2. The Hall–Kier alpha value is -1.55. The Labute approximate surface area is 102 Å². The van der Waals surface area contributed by atoms with Gasteiger partial charge in [0.05, 0.1) is 11.7 Å². The molecule has 0 aliphatic rings. The number of rotatable bonds is 5. The van der Waals surface area contributed by atoms with Crippen LogP contribution in [0.15, 0.2) is 18.2 Å². The van der Waals surface area contributed by atoms with Crippen LogP contribution in [0.1, 0.15) is 31.7 Å². The van der Waals surface area contributed by atoms with Gasteiger partial charge in [-0.05, 0) is 25.0 Å². The number of unbranched alkanes of at least 4 members (excludes halogenated alkanes) is 1. The Kier molecular flexibility index (Phi) is 4.97. The summed E-state index contributed by atoms with van der Waals surface area (Å²) < 4.78 is 0. The zero-order valence-corrected chi connectivity index (χ0v) is 10.4. The molecule has 0 unspecified atom stereocenters. The van der Waals surface area contributed by atoms with Crippen LogP contribution in [0, 0.1) is 6.92 Å². The van der Waals surface area contributed by atoms with Crippen LogP contribution in [0.5, 0.6) is 5.75 Å². The average molecular weight is 236 g/mol. The van der Waals surface area contributed by atoms with Crippen LogP contribution in [0.25, 0.3) is 0 Å². The minimum Gasteiger partial charge on any atom is -0.505 e. The fraction of sp³-hybridized carbons (Fsp3) is 0.462. The van der Waals surface area contributed by atoms with Crippen molar-refractivity contribution in [3.63, 3.8) is 0 Å². The minimum absolute atomic E-state index is 0.101. The number of nitrogens with two attached hydrogens (primary N) is 1. The summed E-state index contributed by atoms with van der Waals surface area (Å²) in [5.41, 5.74) is 6.89. The van der Waals surface area contributed by atoms with E-state index in [0.29, 0.717) is 12.1 Å². The van der Waals surface area contributed by atoms with Gasteiger partial charge in [-0.2, -0.15) is 0 Å². The molecular formula is C13H20N2O2. The van der Waals surface area contributed by atoms with Crippen LogP contribution in [-0.2, 0) is 4.79 Å². The van der Waals surface area contributed by atoms with Gasteiger partial charge >= 0.3 is 0 Å². The van der Waals surface area contributed by atoms with Crippen LogP contribution in [-0.4, -0.2) is 17.1 Å². The number of aromatic hydroxyl groups is 1. The van der Waals surface area contributed by atoms with Crippen molar-refractivity contribution in [2.75, 3.05) is 5.32 Å². The summed E-state index contributed by atoms with van der Waals surface area (Å²) in [7, 11) is 0. The number of nitrogens with one attached hydrogen (secondary N) is 1. The zero-order valence-electron chi connectivity index (χ0n) is 10.4. The van der Waals surface area contributed by atoms with Crippen molar-refractivity contribution in [2.45, 2.75) is 39.2 Å². The van der Waals surface area contributed by atoms with Gasteiger partial charge < -0.3 is 16.2 Å². The Bertz CT molecular complexity index is 391. The first-order valence-corrected chi connectivity index (χ1v) is 5.91. The van der Waals surface area contributed by atoms with Gasteiger partial charge in [0.25, 0.3) is 0 Å². The van der Waals surface area contributed by atoms with E-state index in [0.717, 1.165) is 18.4 Å². The fourth-order valence-corrected chi connectivity index (χ4v) is 1.54. The van der Waals surface area contributed by atoms with Crippen LogP contribution in [0.3, 0.4) is 0 Å². The molecule has 1 aromatic rings. The smallest absolute Gasteiger partial charge is 0.241 e. The Morgan fingerprint density at radius 2 is 2.24 bits per heavy atom. The van der Waals surface area contributed by atoms with Gasteiger partial charge in [0, 0.05) is 0 Å². The van der Waals surface area contributed by atoms with Crippen molar-refractivity contribution in [3.8, 4) is 5.75 Å². The second kappa shape index (κ2) is 6.25. The molecule has 0 heterocycles. The zero-order chi connectivity index (χ0) is 12.8. The molecule has 94 valence electrons. The molecule has 0 saturated carbocycles. The molecule has 1 atom stereocenters. The molecule has 4 heteroatoms. The molecule has 1 rings (SSSR count). The van der Waals surface area contributed by atoms with Crippen LogP contribution >= 0.6 is 0 Å².